The number of para-hydroxylation sites is 1. The van der Waals surface area contributed by atoms with Crippen LogP contribution in [0.2, 0.25) is 0 Å². The third kappa shape index (κ3) is 2.67. The predicted molar refractivity (Wildman–Crippen MR) is 98.4 cm³/mol. The summed E-state index contributed by atoms with van der Waals surface area (Å²) in [6.07, 6.45) is 8.38. The normalized spacial score (nSPS) is 23.3. The molecule has 1 aromatic carbocycles. The fourth-order valence-corrected chi connectivity index (χ4v) is 4.72. The van der Waals surface area contributed by atoms with Gasteiger partial charge in [-0.1, -0.05) is 38.0 Å². The topological polar surface area (TPSA) is 23.6 Å². The summed E-state index contributed by atoms with van der Waals surface area (Å²) in [7, 11) is 0. The van der Waals surface area contributed by atoms with Crippen LogP contribution >= 0.6 is 0 Å². The van der Waals surface area contributed by atoms with Gasteiger partial charge in [-0.2, -0.15) is 0 Å². The number of hydrogen-bond donors (Lipinski definition) is 0. The number of fused-ring (bicyclic) bond motifs is 2. The lowest BCUT2D eigenvalue weighted by atomic mass is 9.74. The van der Waals surface area contributed by atoms with Gasteiger partial charge in [0.15, 0.2) is 0 Å². The highest BCUT2D eigenvalue weighted by Gasteiger charge is 2.47. The van der Waals surface area contributed by atoms with Gasteiger partial charge in [-0.3, -0.25) is 4.79 Å². The molecule has 1 saturated carbocycles. The van der Waals surface area contributed by atoms with E-state index in [0.717, 1.165) is 19.4 Å². The molecule has 2 heterocycles. The molecular weight excluding hydrogens is 296 g/mol. The quantitative estimate of drug-likeness (QED) is 0.836. The minimum Gasteiger partial charge on any atom is -0.311 e. The lowest BCUT2D eigenvalue weighted by Gasteiger charge is -2.40. The van der Waals surface area contributed by atoms with Crippen LogP contribution in [-0.4, -0.2) is 37.0 Å². The summed E-state index contributed by atoms with van der Waals surface area (Å²) in [6, 6.07) is 8.70. The van der Waals surface area contributed by atoms with E-state index in [2.05, 4.69) is 41.0 Å². The summed E-state index contributed by atoms with van der Waals surface area (Å²) >= 11 is 0. The fraction of sp³-hybridized carbons (Fsp3) is 0.667. The largest absolute Gasteiger partial charge is 0.311 e. The first-order chi connectivity index (χ1) is 11.7. The number of carbonyl (C=O) groups excluding carboxylic acids is 1. The van der Waals surface area contributed by atoms with Crippen LogP contribution in [0.3, 0.4) is 0 Å². The molecule has 2 aliphatic heterocycles. The fourth-order valence-electron chi connectivity index (χ4n) is 4.72. The van der Waals surface area contributed by atoms with E-state index in [1.807, 2.05) is 0 Å². The van der Waals surface area contributed by atoms with Crippen molar-refractivity contribution in [3.8, 4) is 0 Å². The smallest absolute Gasteiger partial charge is 0.230 e. The molecule has 1 amide bonds. The number of carbonyl (C=O) groups is 1. The number of benzene rings is 1. The van der Waals surface area contributed by atoms with E-state index < -0.39 is 0 Å². The molecule has 4 rings (SSSR count). The van der Waals surface area contributed by atoms with E-state index in [1.54, 1.807) is 0 Å². The highest BCUT2D eigenvalue weighted by molar-refractivity contribution is 5.98. The van der Waals surface area contributed by atoms with Gasteiger partial charge in [0.05, 0.1) is 0 Å². The van der Waals surface area contributed by atoms with Crippen LogP contribution in [0.25, 0.3) is 0 Å². The minimum atomic E-state index is 0.207. The molecule has 24 heavy (non-hydrogen) atoms. The molecule has 130 valence electrons. The zero-order valence-corrected chi connectivity index (χ0v) is 15.0. The highest BCUT2D eigenvalue weighted by atomic mass is 16.2. The van der Waals surface area contributed by atoms with Crippen LogP contribution in [0.1, 0.15) is 57.4 Å². The number of hydrogen-bond acceptors (Lipinski definition) is 2. The van der Waals surface area contributed by atoms with Gasteiger partial charge in [0, 0.05) is 23.6 Å². The second-order valence-corrected chi connectivity index (χ2v) is 8.04. The molecule has 0 unspecified atom stereocenters. The number of unbranched alkanes of at least 4 members (excludes halogenated alkanes) is 1. The van der Waals surface area contributed by atoms with Gasteiger partial charge in [0.1, 0.15) is 0 Å². The van der Waals surface area contributed by atoms with Gasteiger partial charge in [0.25, 0.3) is 0 Å². The van der Waals surface area contributed by atoms with Gasteiger partial charge in [-0.05, 0) is 63.4 Å². The highest BCUT2D eigenvalue weighted by Crippen LogP contribution is 2.48. The van der Waals surface area contributed by atoms with Crippen LogP contribution in [0.5, 0.6) is 0 Å². The van der Waals surface area contributed by atoms with Gasteiger partial charge in [0.2, 0.25) is 5.91 Å². The summed E-state index contributed by atoms with van der Waals surface area (Å²) in [6.45, 7) is 6.78. The summed E-state index contributed by atoms with van der Waals surface area (Å²) in [5.41, 5.74) is 2.85. The molecule has 0 aromatic heterocycles. The van der Waals surface area contributed by atoms with Gasteiger partial charge >= 0.3 is 0 Å². The van der Waals surface area contributed by atoms with Crippen molar-refractivity contribution in [2.24, 2.45) is 5.92 Å². The summed E-state index contributed by atoms with van der Waals surface area (Å²) in [5, 5.41) is 0. The summed E-state index contributed by atoms with van der Waals surface area (Å²) in [4.78, 5) is 17.7. The van der Waals surface area contributed by atoms with Crippen LogP contribution in [0.4, 0.5) is 5.69 Å². The Morgan fingerprint density at radius 2 is 1.96 bits per heavy atom. The predicted octanol–water partition coefficient (Wildman–Crippen LogP) is 3.97. The molecule has 1 aromatic rings. The molecule has 0 N–H and O–H groups in total. The lowest BCUT2D eigenvalue weighted by Crippen LogP contribution is -2.47. The Hall–Kier alpha value is -1.35. The van der Waals surface area contributed by atoms with Crippen molar-refractivity contribution >= 4 is 11.6 Å². The summed E-state index contributed by atoms with van der Waals surface area (Å²) in [5.74, 6) is 0.678. The molecule has 1 aliphatic carbocycles. The number of piperidine rings is 1. The number of amides is 1. The average molecular weight is 326 g/mol. The van der Waals surface area contributed by atoms with Crippen molar-refractivity contribution in [3.63, 3.8) is 0 Å². The Labute approximate surface area is 146 Å². The van der Waals surface area contributed by atoms with Crippen molar-refractivity contribution < 1.29 is 4.79 Å². The maximum atomic E-state index is 12.9. The van der Waals surface area contributed by atoms with Crippen LogP contribution in [-0.2, 0) is 10.2 Å². The third-order valence-corrected chi connectivity index (χ3v) is 6.59. The van der Waals surface area contributed by atoms with Crippen LogP contribution in [0, 0.1) is 5.92 Å². The van der Waals surface area contributed by atoms with E-state index in [-0.39, 0.29) is 11.3 Å². The molecule has 3 nitrogen and oxygen atoms in total. The number of anilines is 1. The van der Waals surface area contributed by atoms with E-state index >= 15 is 0 Å². The first-order valence-electron chi connectivity index (χ1n) is 9.87. The number of likely N-dealkylation sites (tertiary alicyclic amines) is 1. The van der Waals surface area contributed by atoms with Crippen molar-refractivity contribution in [1.82, 2.24) is 4.90 Å². The van der Waals surface area contributed by atoms with Gasteiger partial charge in [-0.25, -0.2) is 0 Å². The second kappa shape index (κ2) is 6.51. The molecule has 3 aliphatic rings. The Bertz CT molecular complexity index is 600. The Morgan fingerprint density at radius 1 is 1.21 bits per heavy atom. The van der Waals surface area contributed by atoms with E-state index in [4.69, 9.17) is 0 Å². The zero-order chi connectivity index (χ0) is 16.6. The molecule has 0 atom stereocenters. The van der Waals surface area contributed by atoms with Gasteiger partial charge in [-0.15, -0.1) is 0 Å². The third-order valence-electron chi connectivity index (χ3n) is 6.59. The van der Waals surface area contributed by atoms with Crippen molar-refractivity contribution in [3.05, 3.63) is 29.8 Å². The number of rotatable bonds is 4. The Kier molecular flexibility index (Phi) is 4.38. The monoisotopic (exact) mass is 326 g/mol. The lowest BCUT2D eigenvalue weighted by molar-refractivity contribution is -0.124. The zero-order valence-electron chi connectivity index (χ0n) is 15.0. The first kappa shape index (κ1) is 16.1. The van der Waals surface area contributed by atoms with Crippen LogP contribution in [0.15, 0.2) is 24.3 Å². The molecule has 1 spiro atoms. The average Bonchev–Trinajstić information content (AvgIpc) is 2.88. The SMILES string of the molecule is CCCCN1CCC2(CC1)CN(C(=O)C1CCC1)c1ccccc12. The maximum absolute atomic E-state index is 12.9. The first-order valence-corrected chi connectivity index (χ1v) is 9.87. The molecule has 0 bridgehead atoms. The van der Waals surface area contributed by atoms with Gasteiger partial charge < -0.3 is 9.80 Å². The standard InChI is InChI=1S/C21H30N2O/c1-2-3-13-22-14-11-21(12-15-22)16-23(20(24)17-7-6-8-17)19-10-5-4-9-18(19)21/h4-5,9-10,17H,2-3,6-8,11-16H2,1H3. The molecule has 0 radical (unpaired) electrons. The molecular formula is C21H30N2O. The minimum absolute atomic E-state index is 0.207. The molecule has 2 fully saturated rings. The molecule has 3 heteroatoms. The van der Waals surface area contributed by atoms with E-state index in [0.29, 0.717) is 5.91 Å². The maximum Gasteiger partial charge on any atom is 0.230 e. The van der Waals surface area contributed by atoms with Crippen molar-refractivity contribution in [2.75, 3.05) is 31.1 Å². The Balaban J connectivity index is 1.54. The molecule has 1 saturated heterocycles. The van der Waals surface area contributed by atoms with Crippen molar-refractivity contribution in [2.45, 2.75) is 57.3 Å². The van der Waals surface area contributed by atoms with Crippen molar-refractivity contribution in [1.29, 1.82) is 0 Å². The second-order valence-electron chi connectivity index (χ2n) is 8.04. The summed E-state index contributed by atoms with van der Waals surface area (Å²) < 4.78 is 0. The van der Waals surface area contributed by atoms with E-state index in [1.165, 1.54) is 63.0 Å². The van der Waals surface area contributed by atoms with E-state index in [9.17, 15) is 4.79 Å². The number of nitrogens with zero attached hydrogens (tertiary/aromatic N) is 2. The Morgan fingerprint density at radius 3 is 2.62 bits per heavy atom. The van der Waals surface area contributed by atoms with Crippen LogP contribution < -0.4 is 4.90 Å².